The summed E-state index contributed by atoms with van der Waals surface area (Å²) in [6, 6.07) is 7.58. The van der Waals surface area contributed by atoms with Crippen molar-refractivity contribution in [2.75, 3.05) is 7.11 Å². The van der Waals surface area contributed by atoms with E-state index >= 15 is 0 Å². The van der Waals surface area contributed by atoms with E-state index in [1.54, 1.807) is 10.8 Å². The number of hydrogen-bond donors (Lipinski definition) is 0. The standard InChI is InChI=1S/C18H21NO6S2/c1-12(7-10-17(22)25-19-15(20)8-9-16(19)21)26-27-14-6-4-3-5-13(14)11-18(23)24-2/h3-6,12H,7-11H2,1-2H3. The lowest BCUT2D eigenvalue weighted by Gasteiger charge is -2.14. The number of carbonyl (C=O) groups excluding carboxylic acids is 4. The Morgan fingerprint density at radius 1 is 1.15 bits per heavy atom. The highest BCUT2D eigenvalue weighted by Crippen LogP contribution is 2.38. The Morgan fingerprint density at radius 2 is 1.81 bits per heavy atom. The lowest BCUT2D eigenvalue weighted by atomic mass is 10.1. The predicted molar refractivity (Wildman–Crippen MR) is 101 cm³/mol. The second kappa shape index (κ2) is 10.4. The van der Waals surface area contributed by atoms with Gasteiger partial charge in [-0.1, -0.05) is 46.7 Å². The van der Waals surface area contributed by atoms with Gasteiger partial charge in [0.2, 0.25) is 0 Å². The molecule has 7 nitrogen and oxygen atoms in total. The zero-order chi connectivity index (χ0) is 19.8. The van der Waals surface area contributed by atoms with E-state index in [9.17, 15) is 19.2 Å². The fourth-order valence-electron chi connectivity index (χ4n) is 2.27. The summed E-state index contributed by atoms with van der Waals surface area (Å²) in [4.78, 5) is 52.0. The minimum atomic E-state index is -0.595. The van der Waals surface area contributed by atoms with Crippen LogP contribution in [0.5, 0.6) is 0 Å². The van der Waals surface area contributed by atoms with Gasteiger partial charge in [0.1, 0.15) is 0 Å². The van der Waals surface area contributed by atoms with Crippen LogP contribution in [0.15, 0.2) is 29.2 Å². The van der Waals surface area contributed by atoms with Crippen molar-refractivity contribution in [2.45, 2.75) is 49.2 Å². The molecule has 0 bridgehead atoms. The molecule has 0 radical (unpaired) electrons. The third-order valence-electron chi connectivity index (χ3n) is 3.79. The van der Waals surface area contributed by atoms with E-state index in [1.807, 2.05) is 31.2 Å². The Balaban J connectivity index is 1.77. The van der Waals surface area contributed by atoms with E-state index in [1.165, 1.54) is 17.9 Å². The monoisotopic (exact) mass is 411 g/mol. The number of esters is 1. The van der Waals surface area contributed by atoms with E-state index < -0.39 is 17.8 Å². The molecule has 2 rings (SSSR count). The molecule has 146 valence electrons. The van der Waals surface area contributed by atoms with Crippen LogP contribution in [0.25, 0.3) is 0 Å². The molecule has 1 aliphatic rings. The molecule has 1 atom stereocenters. The molecule has 0 aliphatic carbocycles. The highest BCUT2D eigenvalue weighted by atomic mass is 33.1. The van der Waals surface area contributed by atoms with E-state index in [-0.39, 0.29) is 36.9 Å². The van der Waals surface area contributed by atoms with Crippen LogP contribution in [-0.2, 0) is 35.2 Å². The minimum absolute atomic E-state index is 0.0833. The molecule has 0 N–H and O–H groups in total. The van der Waals surface area contributed by atoms with Crippen molar-refractivity contribution >= 4 is 45.3 Å². The average Bonchev–Trinajstić information content (AvgIpc) is 2.97. The fraction of sp³-hybridized carbons (Fsp3) is 0.444. The lowest BCUT2D eigenvalue weighted by Crippen LogP contribution is -2.32. The first-order valence-corrected chi connectivity index (χ1v) is 10.7. The van der Waals surface area contributed by atoms with E-state index in [4.69, 9.17) is 9.57 Å². The Hall–Kier alpha value is -2.00. The molecule has 2 amide bonds. The molecule has 9 heteroatoms. The van der Waals surface area contributed by atoms with Gasteiger partial charge in [-0.15, -0.1) is 5.06 Å². The molecule has 1 unspecified atom stereocenters. The fourth-order valence-corrected chi connectivity index (χ4v) is 4.71. The zero-order valence-corrected chi connectivity index (χ0v) is 16.8. The minimum Gasteiger partial charge on any atom is -0.469 e. The maximum atomic E-state index is 11.8. The van der Waals surface area contributed by atoms with Crippen molar-refractivity contribution < 1.29 is 28.8 Å². The second-order valence-corrected chi connectivity index (χ2v) is 8.62. The van der Waals surface area contributed by atoms with Gasteiger partial charge in [-0.3, -0.25) is 14.4 Å². The summed E-state index contributed by atoms with van der Waals surface area (Å²) in [5.41, 5.74) is 0.888. The first-order chi connectivity index (χ1) is 12.9. The van der Waals surface area contributed by atoms with Crippen molar-refractivity contribution in [2.24, 2.45) is 0 Å². The van der Waals surface area contributed by atoms with Gasteiger partial charge in [0, 0.05) is 29.4 Å². The van der Waals surface area contributed by atoms with Crippen molar-refractivity contribution in [3.05, 3.63) is 29.8 Å². The Labute approximate surface area is 165 Å². The predicted octanol–water partition coefficient (Wildman–Crippen LogP) is 2.92. The number of methoxy groups -OCH3 is 1. The van der Waals surface area contributed by atoms with Gasteiger partial charge >= 0.3 is 11.9 Å². The van der Waals surface area contributed by atoms with Crippen LogP contribution < -0.4 is 0 Å². The van der Waals surface area contributed by atoms with Crippen LogP contribution in [0.1, 0.15) is 38.2 Å². The molecular weight excluding hydrogens is 390 g/mol. The van der Waals surface area contributed by atoms with Crippen LogP contribution >= 0.6 is 21.6 Å². The quantitative estimate of drug-likeness (QED) is 0.348. The third kappa shape index (κ3) is 6.59. The number of imide groups is 1. The molecule has 27 heavy (non-hydrogen) atoms. The maximum absolute atomic E-state index is 11.8. The number of benzene rings is 1. The highest BCUT2D eigenvalue weighted by Gasteiger charge is 2.32. The van der Waals surface area contributed by atoms with Gasteiger partial charge in [-0.05, 0) is 18.1 Å². The van der Waals surface area contributed by atoms with E-state index in [0.717, 1.165) is 10.5 Å². The lowest BCUT2D eigenvalue weighted by molar-refractivity contribution is -0.197. The first-order valence-electron chi connectivity index (χ1n) is 8.45. The smallest absolute Gasteiger partial charge is 0.333 e. The van der Waals surface area contributed by atoms with Crippen molar-refractivity contribution in [1.29, 1.82) is 0 Å². The average molecular weight is 412 g/mol. The van der Waals surface area contributed by atoms with E-state index in [0.29, 0.717) is 11.5 Å². The van der Waals surface area contributed by atoms with Crippen molar-refractivity contribution in [1.82, 2.24) is 5.06 Å². The molecular formula is C18H21NO6S2. The van der Waals surface area contributed by atoms with Gasteiger partial charge in [0.15, 0.2) is 0 Å². The highest BCUT2D eigenvalue weighted by molar-refractivity contribution is 8.77. The van der Waals surface area contributed by atoms with Gasteiger partial charge in [0.25, 0.3) is 11.8 Å². The van der Waals surface area contributed by atoms with Crippen LogP contribution in [-0.4, -0.2) is 41.2 Å². The van der Waals surface area contributed by atoms with E-state index in [2.05, 4.69) is 0 Å². The molecule has 1 fully saturated rings. The summed E-state index contributed by atoms with van der Waals surface area (Å²) >= 11 is 0. The Bertz CT molecular complexity index is 708. The second-order valence-electron chi connectivity index (χ2n) is 5.93. The van der Waals surface area contributed by atoms with Gasteiger partial charge in [0.05, 0.1) is 13.5 Å². The molecule has 1 aromatic carbocycles. The Morgan fingerprint density at radius 3 is 2.48 bits per heavy atom. The molecule has 1 aromatic rings. The largest absolute Gasteiger partial charge is 0.469 e. The summed E-state index contributed by atoms with van der Waals surface area (Å²) in [5, 5.41) is 0.691. The molecule has 1 saturated heterocycles. The Kier molecular flexibility index (Phi) is 8.18. The normalized spacial score (nSPS) is 15.0. The number of hydroxylamine groups is 2. The van der Waals surface area contributed by atoms with Crippen LogP contribution in [0.2, 0.25) is 0 Å². The van der Waals surface area contributed by atoms with Crippen molar-refractivity contribution in [3.63, 3.8) is 0 Å². The first kappa shape index (κ1) is 21.3. The van der Waals surface area contributed by atoms with Crippen molar-refractivity contribution in [3.8, 4) is 0 Å². The summed E-state index contributed by atoms with van der Waals surface area (Å²) in [7, 11) is 4.46. The number of carbonyl (C=O) groups is 4. The molecule has 0 saturated carbocycles. The molecule has 0 aromatic heterocycles. The number of amides is 2. The SMILES string of the molecule is COC(=O)Cc1ccccc1SSC(C)CCC(=O)ON1C(=O)CCC1=O. The number of rotatable bonds is 9. The summed E-state index contributed by atoms with van der Waals surface area (Å²) in [6.45, 7) is 1.97. The number of nitrogens with zero attached hydrogens (tertiary/aromatic N) is 1. The van der Waals surface area contributed by atoms with Crippen LogP contribution in [0.4, 0.5) is 0 Å². The molecule has 0 spiro atoms. The number of hydrogen-bond acceptors (Lipinski definition) is 8. The summed E-state index contributed by atoms with van der Waals surface area (Å²) in [6.07, 6.45) is 1.01. The maximum Gasteiger partial charge on any atom is 0.333 e. The van der Waals surface area contributed by atoms with Gasteiger partial charge < -0.3 is 9.57 Å². The topological polar surface area (TPSA) is 90.0 Å². The summed E-state index contributed by atoms with van der Waals surface area (Å²) < 4.78 is 4.71. The van der Waals surface area contributed by atoms with Gasteiger partial charge in [-0.25, -0.2) is 4.79 Å². The summed E-state index contributed by atoms with van der Waals surface area (Å²) in [5.74, 6) is -1.85. The zero-order valence-electron chi connectivity index (χ0n) is 15.1. The third-order valence-corrected chi connectivity index (χ3v) is 6.84. The van der Waals surface area contributed by atoms with Gasteiger partial charge in [-0.2, -0.15) is 0 Å². The van der Waals surface area contributed by atoms with Crippen LogP contribution in [0.3, 0.4) is 0 Å². The van der Waals surface area contributed by atoms with Crippen LogP contribution in [0, 0.1) is 0 Å². The molecule has 1 aliphatic heterocycles. The molecule has 1 heterocycles. The number of ether oxygens (including phenoxy) is 1.